The van der Waals surface area contributed by atoms with E-state index in [1.165, 1.54) is 0 Å². The van der Waals surface area contributed by atoms with Gasteiger partial charge in [0.15, 0.2) is 0 Å². The monoisotopic (exact) mass is 221 g/mol. The maximum atomic E-state index is 12.6. The quantitative estimate of drug-likeness (QED) is 0.626. The Balaban J connectivity index is 0.000000791. The van der Waals surface area contributed by atoms with Crippen molar-refractivity contribution in [2.24, 2.45) is 0 Å². The number of carbonyl (C=O) groups is 1. The number of aliphatic hydroxyl groups excluding tert-OH is 1. The van der Waals surface area contributed by atoms with Gasteiger partial charge in [-0.1, -0.05) is 11.6 Å². The van der Waals surface area contributed by atoms with Crippen LogP contribution in [0.25, 0.3) is 0 Å². The zero-order valence-corrected chi connectivity index (χ0v) is 8.05. The lowest BCUT2D eigenvalue weighted by Gasteiger charge is -2.00. The Morgan fingerprint density at radius 3 is 2.43 bits per heavy atom. The van der Waals surface area contributed by atoms with Gasteiger partial charge in [-0.05, 0) is 12.1 Å². The molecule has 0 radical (unpaired) electrons. The van der Waals surface area contributed by atoms with Crippen LogP contribution >= 0.6 is 11.6 Å². The van der Waals surface area contributed by atoms with Gasteiger partial charge in [-0.3, -0.25) is 0 Å². The van der Waals surface area contributed by atoms with Gasteiger partial charge in [-0.25, -0.2) is 9.18 Å². The van der Waals surface area contributed by atoms with Crippen LogP contribution in [0, 0.1) is 5.82 Å². The largest absolute Gasteiger partial charge is 0.478 e. The number of rotatable bonds is 1. The lowest BCUT2D eigenvalue weighted by atomic mass is 10.2. The number of nitrogen functional groups attached to an aromatic ring is 1. The second-order valence-electron chi connectivity index (χ2n) is 2.16. The van der Waals surface area contributed by atoms with Crippen LogP contribution in [0.15, 0.2) is 12.1 Å². The van der Waals surface area contributed by atoms with E-state index in [1.54, 1.807) is 0 Å². The van der Waals surface area contributed by atoms with E-state index in [0.717, 1.165) is 19.2 Å². The van der Waals surface area contributed by atoms with E-state index < -0.39 is 11.8 Å². The summed E-state index contributed by atoms with van der Waals surface area (Å²) in [6, 6.07) is 1.86. The molecule has 0 aliphatic carbocycles. The third kappa shape index (κ3) is 2.86. The molecule has 4 N–H and O–H groups in total. The number of aliphatic hydroxyl groups is 1. The van der Waals surface area contributed by atoms with Crippen molar-refractivity contribution in [3.8, 4) is 0 Å². The summed E-state index contributed by atoms with van der Waals surface area (Å²) in [5.41, 5.74) is 4.71. The standard InChI is InChI=1S/C7H5ClFNO2.CH4O/c8-4-2-5(9)6(10)1-3(4)7(11)12;1-2/h1-2H,10H2,(H,11,12);2H,1H3. The van der Waals surface area contributed by atoms with Gasteiger partial charge in [-0.2, -0.15) is 0 Å². The first-order valence-corrected chi connectivity index (χ1v) is 3.82. The molecule has 1 rings (SSSR count). The highest BCUT2D eigenvalue weighted by molar-refractivity contribution is 6.33. The first-order chi connectivity index (χ1) is 6.52. The number of hydrogen-bond donors (Lipinski definition) is 3. The summed E-state index contributed by atoms with van der Waals surface area (Å²) in [5, 5.41) is 15.4. The topological polar surface area (TPSA) is 83.5 Å². The molecule has 1 aromatic rings. The van der Waals surface area contributed by atoms with Crippen molar-refractivity contribution in [3.63, 3.8) is 0 Å². The van der Waals surface area contributed by atoms with Gasteiger partial charge in [-0.15, -0.1) is 0 Å². The number of aromatic carboxylic acids is 1. The zero-order chi connectivity index (χ0) is 11.3. The van der Waals surface area contributed by atoms with Crippen molar-refractivity contribution in [3.05, 3.63) is 28.5 Å². The maximum Gasteiger partial charge on any atom is 0.337 e. The molecule has 1 aromatic carbocycles. The minimum Gasteiger partial charge on any atom is -0.478 e. The number of hydrogen-bond acceptors (Lipinski definition) is 3. The van der Waals surface area contributed by atoms with E-state index >= 15 is 0 Å². The van der Waals surface area contributed by atoms with Crippen molar-refractivity contribution in [2.75, 3.05) is 12.8 Å². The number of nitrogens with two attached hydrogens (primary N) is 1. The predicted molar refractivity (Wildman–Crippen MR) is 50.9 cm³/mol. The Labute approximate surface area is 84.7 Å². The normalized spacial score (nSPS) is 8.86. The summed E-state index contributed by atoms with van der Waals surface area (Å²) < 4.78 is 12.6. The third-order valence-corrected chi connectivity index (χ3v) is 1.63. The Morgan fingerprint density at radius 1 is 1.50 bits per heavy atom. The first kappa shape index (κ1) is 12.7. The van der Waals surface area contributed by atoms with Crippen LogP contribution < -0.4 is 5.73 Å². The number of halogens is 2. The molecule has 0 saturated carbocycles. The Bertz CT molecular complexity index is 344. The number of carboxylic acids is 1. The van der Waals surface area contributed by atoms with Crippen LogP contribution in [0.2, 0.25) is 5.02 Å². The minimum absolute atomic E-state index is 0.158. The Kier molecular flexibility index (Phi) is 4.90. The smallest absolute Gasteiger partial charge is 0.337 e. The van der Waals surface area contributed by atoms with Gasteiger partial charge >= 0.3 is 5.97 Å². The zero-order valence-electron chi connectivity index (χ0n) is 7.29. The van der Waals surface area contributed by atoms with E-state index in [2.05, 4.69) is 0 Å². The number of anilines is 1. The summed E-state index contributed by atoms with van der Waals surface area (Å²) in [7, 11) is 1.00. The molecule has 0 aliphatic rings. The van der Waals surface area contributed by atoms with Gasteiger partial charge in [0.05, 0.1) is 16.3 Å². The van der Waals surface area contributed by atoms with E-state index in [9.17, 15) is 9.18 Å². The van der Waals surface area contributed by atoms with Crippen LogP contribution in [0.1, 0.15) is 10.4 Å². The van der Waals surface area contributed by atoms with E-state index in [-0.39, 0.29) is 16.3 Å². The third-order valence-electron chi connectivity index (χ3n) is 1.32. The lowest BCUT2D eigenvalue weighted by Crippen LogP contribution is -2.00. The predicted octanol–water partition coefficient (Wildman–Crippen LogP) is 1.37. The summed E-state index contributed by atoms with van der Waals surface area (Å²) in [6.45, 7) is 0. The molecule has 0 aromatic heterocycles. The fourth-order valence-corrected chi connectivity index (χ4v) is 0.961. The van der Waals surface area contributed by atoms with Crippen LogP contribution in [-0.2, 0) is 0 Å². The van der Waals surface area contributed by atoms with E-state index in [1.807, 2.05) is 0 Å². The highest BCUT2D eigenvalue weighted by Gasteiger charge is 2.11. The molecule has 0 aliphatic heterocycles. The van der Waals surface area contributed by atoms with Gasteiger partial charge in [0, 0.05) is 7.11 Å². The van der Waals surface area contributed by atoms with Crippen LogP contribution in [0.3, 0.4) is 0 Å². The summed E-state index contributed by atoms with van der Waals surface area (Å²) in [6.07, 6.45) is 0. The molecule has 4 nitrogen and oxygen atoms in total. The molecule has 78 valence electrons. The second-order valence-corrected chi connectivity index (χ2v) is 2.57. The number of carboxylic acid groups (broad SMARTS) is 1. The summed E-state index contributed by atoms with van der Waals surface area (Å²) in [5.74, 6) is -1.95. The number of benzene rings is 1. The minimum atomic E-state index is -1.23. The van der Waals surface area contributed by atoms with Gasteiger partial charge in [0.2, 0.25) is 0 Å². The van der Waals surface area contributed by atoms with Crippen molar-refractivity contribution < 1.29 is 19.4 Å². The van der Waals surface area contributed by atoms with Gasteiger partial charge < -0.3 is 15.9 Å². The Hall–Kier alpha value is -1.33. The fraction of sp³-hybridized carbons (Fsp3) is 0.125. The van der Waals surface area contributed by atoms with Gasteiger partial charge in [0.1, 0.15) is 5.82 Å². The van der Waals surface area contributed by atoms with E-state index in [4.69, 9.17) is 27.5 Å². The molecular weight excluding hydrogens is 213 g/mol. The van der Waals surface area contributed by atoms with Crippen LogP contribution in [0.4, 0.5) is 10.1 Å². The molecule has 0 atom stereocenters. The Morgan fingerprint density at radius 2 is 2.00 bits per heavy atom. The van der Waals surface area contributed by atoms with E-state index in [0.29, 0.717) is 0 Å². The molecule has 0 unspecified atom stereocenters. The average molecular weight is 222 g/mol. The molecule has 0 bridgehead atoms. The first-order valence-electron chi connectivity index (χ1n) is 3.45. The fourth-order valence-electron chi connectivity index (χ4n) is 0.730. The molecule has 0 fully saturated rings. The molecule has 0 spiro atoms. The summed E-state index contributed by atoms with van der Waals surface area (Å²) in [4.78, 5) is 10.4. The van der Waals surface area contributed by atoms with Gasteiger partial charge in [0.25, 0.3) is 0 Å². The molecule has 6 heteroatoms. The van der Waals surface area contributed by atoms with Crippen molar-refractivity contribution >= 4 is 23.3 Å². The highest BCUT2D eigenvalue weighted by Crippen LogP contribution is 2.21. The summed E-state index contributed by atoms with van der Waals surface area (Å²) >= 11 is 5.42. The van der Waals surface area contributed by atoms with Crippen LogP contribution in [0.5, 0.6) is 0 Å². The highest BCUT2D eigenvalue weighted by atomic mass is 35.5. The average Bonchev–Trinajstić information content (AvgIpc) is 2.14. The maximum absolute atomic E-state index is 12.6. The van der Waals surface area contributed by atoms with Crippen LogP contribution in [-0.4, -0.2) is 23.3 Å². The second kappa shape index (κ2) is 5.41. The molecular formula is C8H9ClFNO3. The lowest BCUT2D eigenvalue weighted by molar-refractivity contribution is 0.0697. The SMILES string of the molecule is CO.Nc1cc(C(=O)O)c(Cl)cc1F. The molecule has 0 saturated heterocycles. The molecule has 0 heterocycles. The molecule has 0 amide bonds. The van der Waals surface area contributed by atoms with Crippen molar-refractivity contribution in [1.82, 2.24) is 0 Å². The van der Waals surface area contributed by atoms with Crippen molar-refractivity contribution in [1.29, 1.82) is 0 Å². The molecule has 14 heavy (non-hydrogen) atoms. The van der Waals surface area contributed by atoms with Crippen molar-refractivity contribution in [2.45, 2.75) is 0 Å².